The summed E-state index contributed by atoms with van der Waals surface area (Å²) in [5.41, 5.74) is 1.32. The van der Waals surface area contributed by atoms with E-state index in [1.807, 2.05) is 12.3 Å². The van der Waals surface area contributed by atoms with Crippen molar-refractivity contribution in [2.75, 3.05) is 11.4 Å². The van der Waals surface area contributed by atoms with Gasteiger partial charge in [-0.15, -0.1) is 0 Å². The van der Waals surface area contributed by atoms with E-state index in [1.54, 1.807) is 0 Å². The first-order chi connectivity index (χ1) is 9.08. The monoisotopic (exact) mass is 261 g/mol. The first-order valence-corrected chi connectivity index (χ1v) is 7.52. The van der Waals surface area contributed by atoms with Crippen LogP contribution in [-0.4, -0.2) is 23.6 Å². The zero-order chi connectivity index (χ0) is 13.8. The van der Waals surface area contributed by atoms with Gasteiger partial charge in [-0.3, -0.25) is 0 Å². The van der Waals surface area contributed by atoms with Crippen LogP contribution in [0.1, 0.15) is 46.1 Å². The van der Waals surface area contributed by atoms with Gasteiger partial charge in [-0.05, 0) is 38.7 Å². The van der Waals surface area contributed by atoms with Crippen LogP contribution in [-0.2, 0) is 6.54 Å². The second-order valence-corrected chi connectivity index (χ2v) is 6.28. The SMILES string of the molecule is CC(C)CN(c1ncccc1CNC1CC1)C(C)C. The van der Waals surface area contributed by atoms with Crippen molar-refractivity contribution < 1.29 is 0 Å². The van der Waals surface area contributed by atoms with Crippen LogP contribution in [0.25, 0.3) is 0 Å². The highest BCUT2D eigenvalue weighted by Crippen LogP contribution is 2.23. The van der Waals surface area contributed by atoms with Gasteiger partial charge in [0, 0.05) is 36.9 Å². The fraction of sp³-hybridized carbons (Fsp3) is 0.688. The highest BCUT2D eigenvalue weighted by atomic mass is 15.2. The molecule has 0 spiro atoms. The molecule has 1 aliphatic carbocycles. The Morgan fingerprint density at radius 3 is 2.63 bits per heavy atom. The van der Waals surface area contributed by atoms with Crippen LogP contribution >= 0.6 is 0 Å². The Morgan fingerprint density at radius 2 is 2.05 bits per heavy atom. The van der Waals surface area contributed by atoms with Gasteiger partial charge in [-0.1, -0.05) is 19.9 Å². The molecule has 1 saturated carbocycles. The first-order valence-electron chi connectivity index (χ1n) is 7.52. The maximum absolute atomic E-state index is 4.64. The molecule has 106 valence electrons. The molecule has 1 N–H and O–H groups in total. The van der Waals surface area contributed by atoms with Crippen molar-refractivity contribution in [3.05, 3.63) is 23.9 Å². The van der Waals surface area contributed by atoms with Crippen molar-refractivity contribution in [2.24, 2.45) is 5.92 Å². The molecule has 0 aromatic carbocycles. The van der Waals surface area contributed by atoms with E-state index in [-0.39, 0.29) is 0 Å². The summed E-state index contributed by atoms with van der Waals surface area (Å²) in [6.07, 6.45) is 4.57. The summed E-state index contributed by atoms with van der Waals surface area (Å²) >= 11 is 0. The maximum Gasteiger partial charge on any atom is 0.133 e. The lowest BCUT2D eigenvalue weighted by Crippen LogP contribution is -2.36. The van der Waals surface area contributed by atoms with E-state index in [2.05, 4.69) is 49.0 Å². The van der Waals surface area contributed by atoms with Crippen molar-refractivity contribution in [1.29, 1.82) is 0 Å². The molecule has 0 amide bonds. The quantitative estimate of drug-likeness (QED) is 0.817. The van der Waals surface area contributed by atoms with Crippen LogP contribution < -0.4 is 10.2 Å². The van der Waals surface area contributed by atoms with Gasteiger partial charge in [-0.2, -0.15) is 0 Å². The lowest BCUT2D eigenvalue weighted by molar-refractivity contribution is 0.561. The summed E-state index contributed by atoms with van der Waals surface area (Å²) in [6.45, 7) is 11.0. The van der Waals surface area contributed by atoms with Crippen molar-refractivity contribution in [3.8, 4) is 0 Å². The number of aromatic nitrogens is 1. The maximum atomic E-state index is 4.64. The molecular weight excluding hydrogens is 234 g/mol. The van der Waals surface area contributed by atoms with Gasteiger partial charge in [0.1, 0.15) is 5.82 Å². The van der Waals surface area contributed by atoms with Crippen molar-refractivity contribution >= 4 is 5.82 Å². The molecule has 1 fully saturated rings. The molecule has 1 aromatic heterocycles. The van der Waals surface area contributed by atoms with E-state index >= 15 is 0 Å². The summed E-state index contributed by atoms with van der Waals surface area (Å²) < 4.78 is 0. The standard InChI is InChI=1S/C16H27N3/c1-12(2)11-19(13(3)4)16-14(6-5-9-17-16)10-18-15-7-8-15/h5-6,9,12-13,15,18H,7-8,10-11H2,1-4H3. The molecule has 3 nitrogen and oxygen atoms in total. The molecule has 0 radical (unpaired) electrons. The fourth-order valence-electron chi connectivity index (χ4n) is 2.30. The fourth-order valence-corrected chi connectivity index (χ4v) is 2.30. The number of rotatable bonds is 7. The number of hydrogen-bond acceptors (Lipinski definition) is 3. The minimum atomic E-state index is 0.483. The third-order valence-electron chi connectivity index (χ3n) is 3.48. The molecule has 0 saturated heterocycles. The Labute approximate surface area is 117 Å². The molecule has 0 bridgehead atoms. The summed E-state index contributed by atoms with van der Waals surface area (Å²) in [7, 11) is 0. The normalized spacial score (nSPS) is 15.3. The van der Waals surface area contributed by atoms with Crippen LogP contribution in [0.2, 0.25) is 0 Å². The smallest absolute Gasteiger partial charge is 0.133 e. The van der Waals surface area contributed by atoms with Crippen LogP contribution in [0.15, 0.2) is 18.3 Å². The zero-order valence-corrected chi connectivity index (χ0v) is 12.7. The van der Waals surface area contributed by atoms with E-state index < -0.39 is 0 Å². The summed E-state index contributed by atoms with van der Waals surface area (Å²) in [6, 6.07) is 5.47. The zero-order valence-electron chi connectivity index (χ0n) is 12.7. The van der Waals surface area contributed by atoms with Crippen LogP contribution in [0.5, 0.6) is 0 Å². The summed E-state index contributed by atoms with van der Waals surface area (Å²) in [5, 5.41) is 3.59. The largest absolute Gasteiger partial charge is 0.354 e. The molecule has 1 aliphatic rings. The van der Waals surface area contributed by atoms with Gasteiger partial charge in [0.2, 0.25) is 0 Å². The van der Waals surface area contributed by atoms with E-state index in [1.165, 1.54) is 18.4 Å². The minimum Gasteiger partial charge on any atom is -0.354 e. The predicted molar refractivity (Wildman–Crippen MR) is 81.4 cm³/mol. The van der Waals surface area contributed by atoms with Crippen LogP contribution in [0, 0.1) is 5.92 Å². The molecule has 0 aliphatic heterocycles. The van der Waals surface area contributed by atoms with Crippen LogP contribution in [0.4, 0.5) is 5.82 Å². The Bertz CT molecular complexity index is 397. The lowest BCUT2D eigenvalue weighted by Gasteiger charge is -2.31. The molecule has 0 atom stereocenters. The van der Waals surface area contributed by atoms with Crippen molar-refractivity contribution in [2.45, 2.75) is 59.2 Å². The third kappa shape index (κ3) is 4.20. The van der Waals surface area contributed by atoms with Gasteiger partial charge < -0.3 is 10.2 Å². The van der Waals surface area contributed by atoms with Crippen molar-refractivity contribution in [3.63, 3.8) is 0 Å². The number of anilines is 1. The number of hydrogen-bond donors (Lipinski definition) is 1. The Kier molecular flexibility index (Phi) is 4.81. The van der Waals surface area contributed by atoms with E-state index in [9.17, 15) is 0 Å². The average molecular weight is 261 g/mol. The Morgan fingerprint density at radius 1 is 1.32 bits per heavy atom. The Balaban J connectivity index is 2.14. The molecule has 1 aromatic rings. The van der Waals surface area contributed by atoms with Gasteiger partial charge >= 0.3 is 0 Å². The topological polar surface area (TPSA) is 28.2 Å². The van der Waals surface area contributed by atoms with E-state index in [0.29, 0.717) is 12.0 Å². The van der Waals surface area contributed by atoms with Crippen LogP contribution in [0.3, 0.4) is 0 Å². The number of pyridine rings is 1. The second-order valence-electron chi connectivity index (χ2n) is 6.28. The van der Waals surface area contributed by atoms with Gasteiger partial charge in [-0.25, -0.2) is 4.98 Å². The highest BCUT2D eigenvalue weighted by molar-refractivity contribution is 5.47. The third-order valence-corrected chi connectivity index (χ3v) is 3.48. The highest BCUT2D eigenvalue weighted by Gasteiger charge is 2.22. The van der Waals surface area contributed by atoms with Gasteiger partial charge in [0.05, 0.1) is 0 Å². The first kappa shape index (κ1) is 14.3. The molecule has 19 heavy (non-hydrogen) atoms. The molecular formula is C16H27N3. The lowest BCUT2D eigenvalue weighted by atomic mass is 10.1. The molecule has 0 unspecified atom stereocenters. The van der Waals surface area contributed by atoms with E-state index in [0.717, 1.165) is 24.9 Å². The molecule has 2 rings (SSSR count). The van der Waals surface area contributed by atoms with Gasteiger partial charge in [0.15, 0.2) is 0 Å². The second kappa shape index (κ2) is 6.38. The number of nitrogens with zero attached hydrogens (tertiary/aromatic N) is 2. The summed E-state index contributed by atoms with van der Waals surface area (Å²) in [4.78, 5) is 7.06. The predicted octanol–water partition coefficient (Wildman–Crippen LogP) is 3.20. The Hall–Kier alpha value is -1.09. The van der Waals surface area contributed by atoms with E-state index in [4.69, 9.17) is 0 Å². The molecule has 3 heteroatoms. The van der Waals surface area contributed by atoms with Crippen molar-refractivity contribution in [1.82, 2.24) is 10.3 Å². The van der Waals surface area contributed by atoms with Gasteiger partial charge in [0.25, 0.3) is 0 Å². The summed E-state index contributed by atoms with van der Waals surface area (Å²) in [5.74, 6) is 1.80. The molecule has 1 heterocycles. The minimum absolute atomic E-state index is 0.483. The number of nitrogens with one attached hydrogen (secondary N) is 1. The average Bonchev–Trinajstić information content (AvgIpc) is 3.17.